The maximum absolute atomic E-state index is 13.9. The Morgan fingerprint density at radius 3 is 2.33 bits per heavy atom. The van der Waals surface area contributed by atoms with Crippen LogP contribution in [-0.2, 0) is 11.3 Å². The molecule has 1 N–H and O–H groups in total. The molecule has 0 amide bonds. The molecule has 1 aromatic carbocycles. The van der Waals surface area contributed by atoms with Crippen molar-refractivity contribution in [3.8, 4) is 0 Å². The quantitative estimate of drug-likeness (QED) is 0.757. The Bertz CT molecular complexity index is 563. The Morgan fingerprint density at radius 2 is 1.75 bits per heavy atom. The standard InChI is InChI=1S/C21H29FO2/c1-24-14-15-2-4-16(5-3-15)17-6-8-18(9-7-17)19-10-11-20(13-23)21(22)12-19/h10-12,14,16-18,23H,2-9,13H2,1H3/t16?,17-,18-. The molecule has 0 radical (unpaired) electrons. The van der Waals surface area contributed by atoms with Crippen molar-refractivity contribution in [3.63, 3.8) is 0 Å². The Balaban J connectivity index is 1.53. The summed E-state index contributed by atoms with van der Waals surface area (Å²) in [7, 11) is 1.73. The fourth-order valence-corrected chi connectivity index (χ4v) is 4.64. The van der Waals surface area contributed by atoms with Gasteiger partial charge in [-0.2, -0.15) is 0 Å². The van der Waals surface area contributed by atoms with E-state index < -0.39 is 0 Å². The maximum Gasteiger partial charge on any atom is 0.128 e. The summed E-state index contributed by atoms with van der Waals surface area (Å²) in [5.74, 6) is 1.92. The zero-order valence-electron chi connectivity index (χ0n) is 14.6. The molecule has 0 atom stereocenters. The molecule has 132 valence electrons. The molecule has 3 rings (SSSR count). The van der Waals surface area contributed by atoms with Crippen LogP contribution in [0.15, 0.2) is 30.0 Å². The highest BCUT2D eigenvalue weighted by molar-refractivity contribution is 5.27. The summed E-state index contributed by atoms with van der Waals surface area (Å²) >= 11 is 0. The Kier molecular flexibility index (Phi) is 5.94. The second-order valence-electron chi connectivity index (χ2n) is 7.47. The molecule has 2 nitrogen and oxygen atoms in total. The second kappa shape index (κ2) is 8.15. The van der Waals surface area contributed by atoms with Gasteiger partial charge in [-0.05, 0) is 86.3 Å². The summed E-state index contributed by atoms with van der Waals surface area (Å²) in [6, 6.07) is 5.38. The average Bonchev–Trinajstić information content (AvgIpc) is 2.63. The number of aliphatic hydroxyl groups excluding tert-OH is 1. The molecule has 0 heterocycles. The first-order valence-corrected chi connectivity index (χ1v) is 9.31. The fourth-order valence-electron chi connectivity index (χ4n) is 4.64. The molecule has 0 unspecified atom stereocenters. The van der Waals surface area contributed by atoms with E-state index in [-0.39, 0.29) is 12.4 Å². The molecule has 0 spiro atoms. The Morgan fingerprint density at radius 1 is 1.08 bits per heavy atom. The lowest BCUT2D eigenvalue weighted by molar-refractivity contribution is 0.197. The van der Waals surface area contributed by atoms with Crippen molar-refractivity contribution in [2.75, 3.05) is 7.11 Å². The molecule has 0 saturated heterocycles. The SMILES string of the molecule is COC=C1CCC([C@H]2CC[C@H](c3ccc(CO)c(F)c3)CC2)CC1. The molecule has 2 aliphatic rings. The normalized spacial score (nSPS) is 27.8. The summed E-state index contributed by atoms with van der Waals surface area (Å²) in [5, 5.41) is 9.10. The predicted octanol–water partition coefficient (Wildman–Crippen LogP) is 5.31. The summed E-state index contributed by atoms with van der Waals surface area (Å²) in [4.78, 5) is 0. The van der Waals surface area contributed by atoms with Gasteiger partial charge in [-0.15, -0.1) is 0 Å². The molecule has 0 aromatic heterocycles. The van der Waals surface area contributed by atoms with Gasteiger partial charge in [0.05, 0.1) is 20.0 Å². The monoisotopic (exact) mass is 332 g/mol. The zero-order chi connectivity index (χ0) is 16.9. The summed E-state index contributed by atoms with van der Waals surface area (Å²) in [6.45, 7) is -0.222. The van der Waals surface area contributed by atoms with E-state index in [1.54, 1.807) is 19.2 Å². The van der Waals surface area contributed by atoms with E-state index in [0.717, 1.165) is 17.4 Å². The lowest BCUT2D eigenvalue weighted by Crippen LogP contribution is -2.23. The number of allylic oxidation sites excluding steroid dienone is 1. The van der Waals surface area contributed by atoms with Crippen LogP contribution in [0.25, 0.3) is 0 Å². The van der Waals surface area contributed by atoms with Crippen LogP contribution in [-0.4, -0.2) is 12.2 Å². The number of hydrogen-bond acceptors (Lipinski definition) is 2. The fraction of sp³-hybridized carbons (Fsp3) is 0.619. The van der Waals surface area contributed by atoms with E-state index >= 15 is 0 Å². The van der Waals surface area contributed by atoms with Crippen LogP contribution >= 0.6 is 0 Å². The summed E-state index contributed by atoms with van der Waals surface area (Å²) in [6.07, 6.45) is 11.8. The van der Waals surface area contributed by atoms with Gasteiger partial charge in [0.1, 0.15) is 5.82 Å². The molecule has 0 bridgehead atoms. The van der Waals surface area contributed by atoms with E-state index in [1.807, 2.05) is 12.3 Å². The van der Waals surface area contributed by atoms with Crippen LogP contribution in [0.4, 0.5) is 4.39 Å². The highest BCUT2D eigenvalue weighted by atomic mass is 19.1. The van der Waals surface area contributed by atoms with Crippen molar-refractivity contribution in [2.45, 2.75) is 63.9 Å². The number of ether oxygens (including phenoxy) is 1. The summed E-state index contributed by atoms with van der Waals surface area (Å²) < 4.78 is 19.0. The van der Waals surface area contributed by atoms with Crippen molar-refractivity contribution in [1.82, 2.24) is 0 Å². The van der Waals surface area contributed by atoms with Crippen molar-refractivity contribution in [3.05, 3.63) is 47.0 Å². The number of methoxy groups -OCH3 is 1. The molecule has 2 saturated carbocycles. The van der Waals surface area contributed by atoms with Crippen molar-refractivity contribution in [1.29, 1.82) is 0 Å². The van der Waals surface area contributed by atoms with Crippen molar-refractivity contribution < 1.29 is 14.2 Å². The Hall–Kier alpha value is -1.35. The molecular formula is C21H29FO2. The molecule has 0 aliphatic heterocycles. The smallest absolute Gasteiger partial charge is 0.128 e. The molecule has 2 fully saturated rings. The number of halogens is 1. The van der Waals surface area contributed by atoms with Gasteiger partial charge in [0, 0.05) is 5.56 Å². The highest BCUT2D eigenvalue weighted by Crippen LogP contribution is 2.43. The van der Waals surface area contributed by atoms with Crippen LogP contribution in [0.3, 0.4) is 0 Å². The number of rotatable bonds is 4. The summed E-state index contributed by atoms with van der Waals surface area (Å²) in [5.41, 5.74) is 2.97. The van der Waals surface area contributed by atoms with E-state index in [4.69, 9.17) is 9.84 Å². The lowest BCUT2D eigenvalue weighted by Gasteiger charge is -2.36. The Labute approximate surface area is 144 Å². The highest BCUT2D eigenvalue weighted by Gasteiger charge is 2.30. The largest absolute Gasteiger partial charge is 0.504 e. The third-order valence-corrected chi connectivity index (χ3v) is 6.11. The average molecular weight is 332 g/mol. The van der Waals surface area contributed by atoms with Crippen LogP contribution in [0.2, 0.25) is 0 Å². The first-order chi connectivity index (χ1) is 11.7. The second-order valence-corrected chi connectivity index (χ2v) is 7.47. The van der Waals surface area contributed by atoms with Crippen LogP contribution in [0.1, 0.15) is 68.4 Å². The van der Waals surface area contributed by atoms with Gasteiger partial charge in [0.15, 0.2) is 0 Å². The third-order valence-electron chi connectivity index (χ3n) is 6.11. The van der Waals surface area contributed by atoms with Gasteiger partial charge in [0.25, 0.3) is 0 Å². The lowest BCUT2D eigenvalue weighted by atomic mass is 9.69. The van der Waals surface area contributed by atoms with Gasteiger partial charge in [-0.3, -0.25) is 0 Å². The number of benzene rings is 1. The predicted molar refractivity (Wildman–Crippen MR) is 94.1 cm³/mol. The van der Waals surface area contributed by atoms with Gasteiger partial charge in [-0.1, -0.05) is 12.1 Å². The van der Waals surface area contributed by atoms with Crippen molar-refractivity contribution >= 4 is 0 Å². The molecule has 2 aliphatic carbocycles. The molecule has 1 aromatic rings. The van der Waals surface area contributed by atoms with E-state index in [2.05, 4.69) is 0 Å². The first kappa shape index (κ1) is 17.5. The third kappa shape index (κ3) is 4.00. The minimum Gasteiger partial charge on any atom is -0.504 e. The maximum atomic E-state index is 13.9. The van der Waals surface area contributed by atoms with Crippen molar-refractivity contribution in [2.24, 2.45) is 11.8 Å². The van der Waals surface area contributed by atoms with Crippen LogP contribution in [0.5, 0.6) is 0 Å². The van der Waals surface area contributed by atoms with E-state index in [0.29, 0.717) is 11.5 Å². The van der Waals surface area contributed by atoms with Crippen LogP contribution in [0, 0.1) is 17.7 Å². The van der Waals surface area contributed by atoms with E-state index in [9.17, 15) is 4.39 Å². The zero-order valence-corrected chi connectivity index (χ0v) is 14.6. The number of aliphatic hydroxyl groups is 1. The van der Waals surface area contributed by atoms with Crippen LogP contribution < -0.4 is 0 Å². The van der Waals surface area contributed by atoms with Gasteiger partial charge in [-0.25, -0.2) is 4.39 Å². The topological polar surface area (TPSA) is 29.5 Å². The van der Waals surface area contributed by atoms with E-state index in [1.165, 1.54) is 56.9 Å². The molecular weight excluding hydrogens is 303 g/mol. The minimum atomic E-state index is -0.262. The molecule has 24 heavy (non-hydrogen) atoms. The first-order valence-electron chi connectivity index (χ1n) is 9.31. The number of hydrogen-bond donors (Lipinski definition) is 1. The van der Waals surface area contributed by atoms with Gasteiger partial charge >= 0.3 is 0 Å². The minimum absolute atomic E-state index is 0.222. The van der Waals surface area contributed by atoms with Gasteiger partial charge in [0.2, 0.25) is 0 Å². The van der Waals surface area contributed by atoms with Gasteiger partial charge < -0.3 is 9.84 Å². The molecule has 3 heteroatoms.